The van der Waals surface area contributed by atoms with Gasteiger partial charge in [-0.2, -0.15) is 0 Å². The summed E-state index contributed by atoms with van der Waals surface area (Å²) in [5, 5.41) is 2.43. The van der Waals surface area contributed by atoms with Crippen molar-refractivity contribution >= 4 is 49.7 Å². The van der Waals surface area contributed by atoms with E-state index in [2.05, 4.69) is 9.71 Å². The second-order valence-electron chi connectivity index (χ2n) is 6.76. The number of nitrogens with one attached hydrogen (secondary N) is 1. The van der Waals surface area contributed by atoms with Gasteiger partial charge >= 0.3 is 0 Å². The van der Waals surface area contributed by atoms with Crippen molar-refractivity contribution in [2.75, 3.05) is 16.2 Å². The van der Waals surface area contributed by atoms with Gasteiger partial charge in [0.05, 0.1) is 9.92 Å². The SMILES string of the molecule is Cc1ccc(Cl)c(OC2CCN(c3ccc(S(=O)(=O)Nc4nccs4)cc3)C2=O)c1. The molecule has 1 amide bonds. The van der Waals surface area contributed by atoms with Crippen LogP contribution in [0.15, 0.2) is 58.9 Å². The Labute approximate surface area is 183 Å². The number of hydrogen-bond donors (Lipinski definition) is 1. The Morgan fingerprint density at radius 1 is 1.23 bits per heavy atom. The van der Waals surface area contributed by atoms with Gasteiger partial charge in [-0.3, -0.25) is 9.52 Å². The maximum absolute atomic E-state index is 12.8. The van der Waals surface area contributed by atoms with Crippen LogP contribution in [0.3, 0.4) is 0 Å². The van der Waals surface area contributed by atoms with Gasteiger partial charge in [-0.1, -0.05) is 17.7 Å². The predicted molar refractivity (Wildman–Crippen MR) is 117 cm³/mol. The molecule has 2 heterocycles. The van der Waals surface area contributed by atoms with E-state index in [0.29, 0.717) is 34.6 Å². The van der Waals surface area contributed by atoms with Crippen LogP contribution in [-0.4, -0.2) is 32.0 Å². The molecule has 156 valence electrons. The zero-order chi connectivity index (χ0) is 21.3. The number of hydrogen-bond acceptors (Lipinski definition) is 6. The molecule has 1 fully saturated rings. The van der Waals surface area contributed by atoms with Crippen LogP contribution in [0.4, 0.5) is 10.8 Å². The van der Waals surface area contributed by atoms with Gasteiger partial charge in [-0.05, 0) is 48.9 Å². The zero-order valence-electron chi connectivity index (χ0n) is 15.9. The number of carbonyl (C=O) groups is 1. The first-order valence-electron chi connectivity index (χ1n) is 9.10. The van der Waals surface area contributed by atoms with Crippen LogP contribution in [0.2, 0.25) is 5.02 Å². The lowest BCUT2D eigenvalue weighted by molar-refractivity contribution is -0.122. The highest BCUT2D eigenvalue weighted by atomic mass is 35.5. The number of sulfonamides is 1. The molecule has 0 bridgehead atoms. The highest BCUT2D eigenvalue weighted by Crippen LogP contribution is 2.30. The number of nitrogens with zero attached hydrogens (tertiary/aromatic N) is 2. The fourth-order valence-electron chi connectivity index (χ4n) is 3.13. The Hall–Kier alpha value is -2.62. The summed E-state index contributed by atoms with van der Waals surface area (Å²) in [6, 6.07) is 11.5. The van der Waals surface area contributed by atoms with Gasteiger partial charge in [0.25, 0.3) is 15.9 Å². The van der Waals surface area contributed by atoms with E-state index in [1.165, 1.54) is 29.7 Å². The summed E-state index contributed by atoms with van der Waals surface area (Å²) in [5.41, 5.74) is 1.59. The summed E-state index contributed by atoms with van der Waals surface area (Å²) in [6.45, 7) is 2.39. The molecule has 1 aliphatic heterocycles. The van der Waals surface area contributed by atoms with E-state index in [1.807, 2.05) is 13.0 Å². The maximum atomic E-state index is 12.8. The van der Waals surface area contributed by atoms with Crippen molar-refractivity contribution in [2.45, 2.75) is 24.3 Å². The number of amides is 1. The van der Waals surface area contributed by atoms with Gasteiger partial charge in [-0.15, -0.1) is 11.3 Å². The molecule has 10 heteroatoms. The summed E-state index contributed by atoms with van der Waals surface area (Å²) in [4.78, 5) is 18.4. The lowest BCUT2D eigenvalue weighted by atomic mass is 10.2. The summed E-state index contributed by atoms with van der Waals surface area (Å²) < 4.78 is 33.2. The molecule has 7 nitrogen and oxygen atoms in total. The minimum Gasteiger partial charge on any atom is -0.479 e. The van der Waals surface area contributed by atoms with Gasteiger partial charge in [0.2, 0.25) is 0 Å². The molecule has 1 aromatic heterocycles. The second kappa shape index (κ2) is 8.25. The average molecular weight is 464 g/mol. The van der Waals surface area contributed by atoms with E-state index in [9.17, 15) is 13.2 Å². The number of anilines is 2. The number of thiazole rings is 1. The highest BCUT2D eigenvalue weighted by Gasteiger charge is 2.34. The van der Waals surface area contributed by atoms with E-state index in [-0.39, 0.29) is 10.8 Å². The topological polar surface area (TPSA) is 88.6 Å². The highest BCUT2D eigenvalue weighted by molar-refractivity contribution is 7.93. The summed E-state index contributed by atoms with van der Waals surface area (Å²) in [5.74, 6) is 0.288. The van der Waals surface area contributed by atoms with Crippen molar-refractivity contribution in [3.05, 3.63) is 64.6 Å². The van der Waals surface area contributed by atoms with Gasteiger partial charge in [0.1, 0.15) is 5.75 Å². The molecule has 3 aromatic rings. The third-order valence-electron chi connectivity index (χ3n) is 4.62. The maximum Gasteiger partial charge on any atom is 0.268 e. The Bertz CT molecular complexity index is 1170. The first-order valence-corrected chi connectivity index (χ1v) is 11.8. The number of ether oxygens (including phenoxy) is 1. The fourth-order valence-corrected chi connectivity index (χ4v) is 5.08. The molecule has 1 saturated heterocycles. The summed E-state index contributed by atoms with van der Waals surface area (Å²) >= 11 is 7.36. The molecule has 1 unspecified atom stereocenters. The number of rotatable bonds is 6. The average Bonchev–Trinajstić information content (AvgIpc) is 3.35. The molecule has 0 spiro atoms. The van der Waals surface area contributed by atoms with Crippen LogP contribution in [0.1, 0.15) is 12.0 Å². The Morgan fingerprint density at radius 2 is 2.00 bits per heavy atom. The molecule has 1 N–H and O–H groups in total. The molecule has 0 aliphatic carbocycles. The largest absolute Gasteiger partial charge is 0.479 e. The lowest BCUT2D eigenvalue weighted by Gasteiger charge is -2.18. The standard InChI is InChI=1S/C20H18ClN3O4S2/c1-13-2-7-16(21)18(12-13)28-17-8-10-24(19(17)25)14-3-5-15(6-4-14)30(26,27)23-20-22-9-11-29-20/h2-7,9,11-12,17H,8,10H2,1H3,(H,22,23). The number of halogens is 1. The van der Waals surface area contributed by atoms with E-state index in [1.54, 1.807) is 34.5 Å². The monoisotopic (exact) mass is 463 g/mol. The van der Waals surface area contributed by atoms with Crippen LogP contribution in [0.25, 0.3) is 0 Å². The molecular weight excluding hydrogens is 446 g/mol. The Kier molecular flexibility index (Phi) is 5.68. The first-order chi connectivity index (χ1) is 14.3. The van der Waals surface area contributed by atoms with E-state index in [0.717, 1.165) is 5.56 Å². The van der Waals surface area contributed by atoms with E-state index in [4.69, 9.17) is 16.3 Å². The molecule has 1 atom stereocenters. The molecule has 0 saturated carbocycles. The third kappa shape index (κ3) is 4.28. The van der Waals surface area contributed by atoms with Crippen molar-refractivity contribution < 1.29 is 17.9 Å². The smallest absolute Gasteiger partial charge is 0.268 e. The van der Waals surface area contributed by atoms with Gasteiger partial charge in [0, 0.05) is 30.2 Å². The van der Waals surface area contributed by atoms with Crippen molar-refractivity contribution in [3.8, 4) is 5.75 Å². The fraction of sp³-hybridized carbons (Fsp3) is 0.200. The molecule has 1 aliphatic rings. The number of aromatic nitrogens is 1. The molecule has 30 heavy (non-hydrogen) atoms. The Balaban J connectivity index is 1.47. The molecule has 4 rings (SSSR count). The lowest BCUT2D eigenvalue weighted by Crippen LogP contribution is -2.32. The number of aryl methyl sites for hydroxylation is 1. The molecular formula is C20H18ClN3O4S2. The quantitative estimate of drug-likeness (QED) is 0.594. The predicted octanol–water partition coefficient (Wildman–Crippen LogP) is 4.09. The third-order valence-corrected chi connectivity index (χ3v) is 7.11. The molecule has 0 radical (unpaired) electrons. The zero-order valence-corrected chi connectivity index (χ0v) is 18.3. The normalized spacial score (nSPS) is 16.7. The van der Waals surface area contributed by atoms with Crippen LogP contribution in [0, 0.1) is 6.92 Å². The summed E-state index contributed by atoms with van der Waals surface area (Å²) in [7, 11) is -3.74. The minimum atomic E-state index is -3.74. The molecule has 2 aromatic carbocycles. The van der Waals surface area contributed by atoms with Gasteiger partial charge in [-0.25, -0.2) is 13.4 Å². The Morgan fingerprint density at radius 3 is 2.70 bits per heavy atom. The number of benzene rings is 2. The first kappa shape index (κ1) is 20.6. The van der Waals surface area contributed by atoms with Crippen molar-refractivity contribution in [1.82, 2.24) is 4.98 Å². The van der Waals surface area contributed by atoms with Crippen LogP contribution >= 0.6 is 22.9 Å². The van der Waals surface area contributed by atoms with Crippen LogP contribution < -0.4 is 14.4 Å². The van der Waals surface area contributed by atoms with Crippen molar-refractivity contribution in [2.24, 2.45) is 0 Å². The van der Waals surface area contributed by atoms with Gasteiger partial charge < -0.3 is 9.64 Å². The second-order valence-corrected chi connectivity index (χ2v) is 9.74. The minimum absolute atomic E-state index is 0.0902. The van der Waals surface area contributed by atoms with E-state index >= 15 is 0 Å². The van der Waals surface area contributed by atoms with E-state index < -0.39 is 16.1 Å². The van der Waals surface area contributed by atoms with Crippen LogP contribution in [0.5, 0.6) is 5.75 Å². The van der Waals surface area contributed by atoms with Crippen molar-refractivity contribution in [3.63, 3.8) is 0 Å². The van der Waals surface area contributed by atoms with Crippen molar-refractivity contribution in [1.29, 1.82) is 0 Å². The number of carbonyl (C=O) groups excluding carboxylic acids is 1. The summed E-state index contributed by atoms with van der Waals surface area (Å²) in [6.07, 6.45) is 1.39. The van der Waals surface area contributed by atoms with Crippen LogP contribution in [-0.2, 0) is 14.8 Å². The van der Waals surface area contributed by atoms with Gasteiger partial charge in [0.15, 0.2) is 11.2 Å².